The predicted molar refractivity (Wildman–Crippen MR) is 117 cm³/mol. The summed E-state index contributed by atoms with van der Waals surface area (Å²) in [4.78, 5) is 24.9. The minimum absolute atomic E-state index is 0.0662. The summed E-state index contributed by atoms with van der Waals surface area (Å²) < 4.78 is 5.95. The lowest BCUT2D eigenvalue weighted by Crippen LogP contribution is -2.36. The monoisotopic (exact) mass is 404 g/mol. The quantitative estimate of drug-likeness (QED) is 0.528. The summed E-state index contributed by atoms with van der Waals surface area (Å²) in [6, 6.07) is 11.5. The number of aliphatic carboxylic acids is 1. The van der Waals surface area contributed by atoms with Gasteiger partial charge in [-0.25, -0.2) is 0 Å². The fourth-order valence-corrected chi connectivity index (χ4v) is 4.86. The zero-order chi connectivity index (χ0) is 21.3. The van der Waals surface area contributed by atoms with Crippen molar-refractivity contribution in [1.29, 1.82) is 0 Å². The van der Waals surface area contributed by atoms with Gasteiger partial charge in [-0.05, 0) is 48.6 Å². The number of fused-ring (bicyclic) bond motifs is 1. The van der Waals surface area contributed by atoms with Gasteiger partial charge in [0.05, 0.1) is 11.8 Å². The summed E-state index contributed by atoms with van der Waals surface area (Å²) in [6.45, 7) is 4.16. The lowest BCUT2D eigenvalue weighted by Gasteiger charge is -2.34. The molecule has 0 aromatic heterocycles. The lowest BCUT2D eigenvalue weighted by molar-refractivity contribution is -0.142. The van der Waals surface area contributed by atoms with Gasteiger partial charge in [0.15, 0.2) is 0 Å². The van der Waals surface area contributed by atoms with Crippen molar-refractivity contribution in [2.45, 2.75) is 44.9 Å². The highest BCUT2D eigenvalue weighted by molar-refractivity contribution is 5.95. The number of allylic oxidation sites excluding steroid dienone is 3. The third-order valence-electron chi connectivity index (χ3n) is 6.78. The molecule has 0 saturated heterocycles. The standard InChI is InChI=1S/C26H28O4/c1-17-12-14-19(15-13-17)25(29)30-22-11-6-8-18-7-5-10-20(23(18)22)26(2)16-4-3-9-21(26)24(27)28/h3-11,16-17,19,21H,12-15H2,1-2H3,(H,27,28). The van der Waals surface area contributed by atoms with Crippen LogP contribution in [-0.2, 0) is 15.0 Å². The summed E-state index contributed by atoms with van der Waals surface area (Å²) in [5.74, 6) is -0.637. The zero-order valence-electron chi connectivity index (χ0n) is 17.5. The van der Waals surface area contributed by atoms with Crippen LogP contribution in [0.4, 0.5) is 0 Å². The molecule has 1 saturated carbocycles. The van der Waals surface area contributed by atoms with Crippen LogP contribution in [0.25, 0.3) is 10.8 Å². The van der Waals surface area contributed by atoms with Crippen LogP contribution in [-0.4, -0.2) is 17.0 Å². The van der Waals surface area contributed by atoms with Gasteiger partial charge in [0.1, 0.15) is 5.75 Å². The molecule has 2 aliphatic carbocycles. The molecule has 0 radical (unpaired) electrons. The summed E-state index contributed by atoms with van der Waals surface area (Å²) in [5.41, 5.74) is 0.108. The highest BCUT2D eigenvalue weighted by atomic mass is 16.5. The van der Waals surface area contributed by atoms with Crippen LogP contribution in [0.2, 0.25) is 0 Å². The molecule has 0 aliphatic heterocycles. The molecule has 2 aromatic rings. The van der Waals surface area contributed by atoms with E-state index in [1.165, 1.54) is 0 Å². The Morgan fingerprint density at radius 2 is 1.73 bits per heavy atom. The molecule has 0 spiro atoms. The molecule has 2 atom stereocenters. The first-order valence-corrected chi connectivity index (χ1v) is 10.7. The minimum atomic E-state index is -0.874. The first-order chi connectivity index (χ1) is 14.4. The summed E-state index contributed by atoms with van der Waals surface area (Å²) in [6.07, 6.45) is 11.1. The number of benzene rings is 2. The number of ether oxygens (including phenoxy) is 1. The smallest absolute Gasteiger partial charge is 0.314 e. The molecule has 156 valence electrons. The third kappa shape index (κ3) is 3.67. The Bertz CT molecular complexity index is 1020. The molecule has 4 heteroatoms. The second-order valence-corrected chi connectivity index (χ2v) is 8.88. The van der Waals surface area contributed by atoms with Crippen molar-refractivity contribution in [2.75, 3.05) is 0 Å². The van der Waals surface area contributed by atoms with Crippen LogP contribution in [0.3, 0.4) is 0 Å². The van der Waals surface area contributed by atoms with Crippen LogP contribution >= 0.6 is 0 Å². The third-order valence-corrected chi connectivity index (χ3v) is 6.78. The van der Waals surface area contributed by atoms with Gasteiger partial charge in [0, 0.05) is 10.8 Å². The molecule has 0 heterocycles. The van der Waals surface area contributed by atoms with E-state index in [0.29, 0.717) is 11.7 Å². The summed E-state index contributed by atoms with van der Waals surface area (Å²) in [5, 5.41) is 11.6. The Balaban J connectivity index is 1.76. The molecule has 0 bridgehead atoms. The number of hydrogen-bond donors (Lipinski definition) is 1. The number of carbonyl (C=O) groups is 2. The molecule has 4 rings (SSSR count). The maximum absolute atomic E-state index is 12.9. The maximum atomic E-state index is 12.9. The fourth-order valence-electron chi connectivity index (χ4n) is 4.86. The van der Waals surface area contributed by atoms with Gasteiger partial charge in [-0.1, -0.05) is 68.5 Å². The summed E-state index contributed by atoms with van der Waals surface area (Å²) in [7, 11) is 0. The normalized spacial score (nSPS) is 28.4. The van der Waals surface area contributed by atoms with Crippen molar-refractivity contribution in [1.82, 2.24) is 0 Å². The van der Waals surface area contributed by atoms with Crippen molar-refractivity contribution in [3.8, 4) is 5.75 Å². The Morgan fingerprint density at radius 3 is 2.43 bits per heavy atom. The van der Waals surface area contributed by atoms with E-state index in [9.17, 15) is 14.7 Å². The number of rotatable bonds is 4. The molecule has 1 N–H and O–H groups in total. The number of carboxylic acids is 1. The first-order valence-electron chi connectivity index (χ1n) is 10.7. The van der Waals surface area contributed by atoms with Crippen molar-refractivity contribution < 1.29 is 19.4 Å². The first kappa shape index (κ1) is 20.4. The molecule has 2 aliphatic rings. The average molecular weight is 405 g/mol. The van der Waals surface area contributed by atoms with E-state index in [-0.39, 0.29) is 11.9 Å². The van der Waals surface area contributed by atoms with Crippen LogP contribution in [0, 0.1) is 17.8 Å². The van der Waals surface area contributed by atoms with Gasteiger partial charge in [-0.3, -0.25) is 9.59 Å². The maximum Gasteiger partial charge on any atom is 0.314 e. The fraction of sp³-hybridized carbons (Fsp3) is 0.385. The van der Waals surface area contributed by atoms with Crippen LogP contribution in [0.1, 0.15) is 45.1 Å². The van der Waals surface area contributed by atoms with E-state index in [4.69, 9.17) is 4.74 Å². The van der Waals surface area contributed by atoms with E-state index < -0.39 is 17.3 Å². The van der Waals surface area contributed by atoms with Crippen LogP contribution < -0.4 is 4.74 Å². The Hall–Kier alpha value is -2.88. The van der Waals surface area contributed by atoms with Crippen LogP contribution in [0.5, 0.6) is 5.75 Å². The lowest BCUT2D eigenvalue weighted by atomic mass is 9.68. The second kappa shape index (κ2) is 8.10. The van der Waals surface area contributed by atoms with E-state index in [1.807, 2.05) is 55.5 Å². The molecule has 30 heavy (non-hydrogen) atoms. The van der Waals surface area contributed by atoms with Gasteiger partial charge in [0.2, 0.25) is 0 Å². The Morgan fingerprint density at radius 1 is 1.03 bits per heavy atom. The zero-order valence-corrected chi connectivity index (χ0v) is 17.5. The molecular formula is C26H28O4. The van der Waals surface area contributed by atoms with Gasteiger partial charge < -0.3 is 9.84 Å². The van der Waals surface area contributed by atoms with Crippen molar-refractivity contribution in [3.05, 3.63) is 66.3 Å². The van der Waals surface area contributed by atoms with E-state index in [1.54, 1.807) is 12.2 Å². The molecule has 2 aromatic carbocycles. The Kier molecular flexibility index (Phi) is 5.50. The number of esters is 1. The van der Waals surface area contributed by atoms with Gasteiger partial charge in [-0.15, -0.1) is 0 Å². The molecular weight excluding hydrogens is 376 g/mol. The Labute approximate surface area is 177 Å². The SMILES string of the molecule is CC1CCC(C(=O)Oc2cccc3cccc(C4(C)C=CC=CC4C(=O)O)c23)CC1. The molecule has 0 amide bonds. The molecule has 1 fully saturated rings. The molecule has 4 nitrogen and oxygen atoms in total. The van der Waals surface area contributed by atoms with E-state index in [0.717, 1.165) is 42.0 Å². The largest absolute Gasteiger partial charge is 0.481 e. The predicted octanol–water partition coefficient (Wildman–Crippen LogP) is 5.66. The van der Waals surface area contributed by atoms with Gasteiger partial charge >= 0.3 is 11.9 Å². The van der Waals surface area contributed by atoms with Crippen molar-refractivity contribution in [3.63, 3.8) is 0 Å². The van der Waals surface area contributed by atoms with E-state index >= 15 is 0 Å². The van der Waals surface area contributed by atoms with Crippen LogP contribution in [0.15, 0.2) is 60.7 Å². The minimum Gasteiger partial charge on any atom is -0.481 e. The van der Waals surface area contributed by atoms with E-state index in [2.05, 4.69) is 6.92 Å². The molecule has 2 unspecified atom stereocenters. The van der Waals surface area contributed by atoms with Crippen molar-refractivity contribution in [2.24, 2.45) is 17.8 Å². The highest BCUT2D eigenvalue weighted by Crippen LogP contribution is 2.43. The number of carbonyl (C=O) groups excluding carboxylic acids is 1. The number of hydrogen-bond acceptors (Lipinski definition) is 3. The number of carboxylic acid groups (broad SMARTS) is 1. The summed E-state index contributed by atoms with van der Waals surface area (Å²) >= 11 is 0. The highest BCUT2D eigenvalue weighted by Gasteiger charge is 2.40. The average Bonchev–Trinajstić information content (AvgIpc) is 2.74. The second-order valence-electron chi connectivity index (χ2n) is 8.88. The van der Waals surface area contributed by atoms with Gasteiger partial charge in [-0.2, -0.15) is 0 Å². The topological polar surface area (TPSA) is 63.6 Å². The van der Waals surface area contributed by atoms with Crippen molar-refractivity contribution >= 4 is 22.7 Å². The van der Waals surface area contributed by atoms with Gasteiger partial charge in [0.25, 0.3) is 0 Å².